The van der Waals surface area contributed by atoms with Crippen LogP contribution in [0.4, 0.5) is 0 Å². The van der Waals surface area contributed by atoms with E-state index in [1.54, 1.807) is 0 Å². The Labute approximate surface area is 186 Å². The first kappa shape index (κ1) is 22.7. The monoisotopic (exact) mass is 430 g/mol. The summed E-state index contributed by atoms with van der Waals surface area (Å²) < 4.78 is 12.4. The lowest BCUT2D eigenvalue weighted by molar-refractivity contribution is -0.152. The molecule has 3 aromatic rings. The summed E-state index contributed by atoms with van der Waals surface area (Å²) in [4.78, 5) is 13.1. The van der Waals surface area contributed by atoms with Crippen LogP contribution < -0.4 is 10.4 Å². The molecule has 0 saturated heterocycles. The molecule has 0 N–H and O–H groups in total. The van der Waals surface area contributed by atoms with E-state index in [0.717, 1.165) is 22.0 Å². The molecule has 160 valence electrons. The Hall–Kier alpha value is -2.95. The normalized spacial score (nSPS) is 12.1. The van der Waals surface area contributed by atoms with Crippen molar-refractivity contribution in [3.05, 3.63) is 108 Å². The minimum atomic E-state index is -2.83. The Morgan fingerprint density at radius 2 is 1.32 bits per heavy atom. The number of hydrogen-bond acceptors (Lipinski definition) is 3. The zero-order valence-corrected chi connectivity index (χ0v) is 19.5. The molecule has 1 unspecified atom stereocenters. The van der Waals surface area contributed by atoms with Crippen LogP contribution in [-0.4, -0.2) is 20.9 Å². The first-order chi connectivity index (χ1) is 15.1. The lowest BCUT2D eigenvalue weighted by Crippen LogP contribution is -2.61. The highest BCUT2D eigenvalue weighted by Crippen LogP contribution is 2.27. The van der Waals surface area contributed by atoms with Gasteiger partial charge in [-0.1, -0.05) is 103 Å². The predicted molar refractivity (Wildman–Crippen MR) is 129 cm³/mol. The average molecular weight is 431 g/mol. The second-order valence-corrected chi connectivity index (χ2v) is 11.2. The standard InChI is InChI=1S/C27H30O3Si/c1-4-29-27(28)26(23-14-8-5-9-15-23)30-31(21-20-22(2)3,24-16-10-6-11-17-24)25-18-12-7-13-19-25/h5-20,26H,4,21H2,1-3H3. The van der Waals surface area contributed by atoms with Gasteiger partial charge in [0.25, 0.3) is 8.32 Å². The number of carbonyl (C=O) groups is 1. The maximum Gasteiger partial charge on any atom is 0.338 e. The van der Waals surface area contributed by atoms with Gasteiger partial charge < -0.3 is 9.16 Å². The van der Waals surface area contributed by atoms with Crippen LogP contribution in [0.3, 0.4) is 0 Å². The summed E-state index contributed by atoms with van der Waals surface area (Å²) in [5.41, 5.74) is 2.03. The lowest BCUT2D eigenvalue weighted by Gasteiger charge is -2.35. The fourth-order valence-electron chi connectivity index (χ4n) is 3.65. The van der Waals surface area contributed by atoms with E-state index >= 15 is 0 Å². The number of carbonyl (C=O) groups excluding carboxylic acids is 1. The predicted octanol–water partition coefficient (Wildman–Crippen LogP) is 5.03. The zero-order valence-electron chi connectivity index (χ0n) is 18.5. The lowest BCUT2D eigenvalue weighted by atomic mass is 10.1. The molecule has 3 nitrogen and oxygen atoms in total. The molecular weight excluding hydrogens is 400 g/mol. The number of benzene rings is 3. The van der Waals surface area contributed by atoms with Crippen LogP contribution in [0.2, 0.25) is 6.04 Å². The molecule has 1 atom stereocenters. The zero-order chi connectivity index (χ0) is 22.1. The SMILES string of the molecule is CCOC(=O)C(O[Si](CC=C(C)C)(c1ccccc1)c1ccccc1)c1ccccc1. The van der Waals surface area contributed by atoms with Gasteiger partial charge in [-0.15, -0.1) is 0 Å². The third kappa shape index (κ3) is 5.60. The molecule has 0 aliphatic heterocycles. The van der Waals surface area contributed by atoms with Gasteiger partial charge in [0.05, 0.1) is 6.61 Å². The van der Waals surface area contributed by atoms with Gasteiger partial charge in [-0.25, -0.2) is 4.79 Å². The van der Waals surface area contributed by atoms with E-state index in [-0.39, 0.29) is 5.97 Å². The fraction of sp³-hybridized carbons (Fsp3) is 0.222. The van der Waals surface area contributed by atoms with Gasteiger partial charge in [0.1, 0.15) is 0 Å². The molecule has 0 saturated carbocycles. The van der Waals surface area contributed by atoms with Gasteiger partial charge in [-0.3, -0.25) is 0 Å². The van der Waals surface area contributed by atoms with Gasteiger partial charge in [0, 0.05) is 0 Å². The molecule has 0 aromatic heterocycles. The van der Waals surface area contributed by atoms with Crippen LogP contribution in [0.5, 0.6) is 0 Å². The third-order valence-electron chi connectivity index (χ3n) is 5.20. The van der Waals surface area contributed by atoms with E-state index in [2.05, 4.69) is 44.2 Å². The Morgan fingerprint density at radius 1 is 0.839 bits per heavy atom. The summed E-state index contributed by atoms with van der Waals surface area (Å²) in [5.74, 6) is -0.352. The molecule has 0 fully saturated rings. The molecule has 0 radical (unpaired) electrons. The van der Waals surface area contributed by atoms with Gasteiger partial charge in [-0.2, -0.15) is 0 Å². The Bertz CT molecular complexity index is 941. The van der Waals surface area contributed by atoms with Crippen LogP contribution in [0.15, 0.2) is 103 Å². The van der Waals surface area contributed by atoms with Gasteiger partial charge in [-0.05, 0) is 42.8 Å². The molecule has 0 aliphatic rings. The van der Waals surface area contributed by atoms with Crippen molar-refractivity contribution in [2.45, 2.75) is 32.9 Å². The minimum absolute atomic E-state index is 0.310. The number of rotatable bonds is 9. The second-order valence-electron chi connectivity index (χ2n) is 7.71. The van der Waals surface area contributed by atoms with Crippen molar-refractivity contribution < 1.29 is 14.0 Å². The minimum Gasteiger partial charge on any atom is -0.464 e. The molecular formula is C27H30O3Si. The second kappa shape index (κ2) is 10.9. The van der Waals surface area contributed by atoms with Crippen LogP contribution in [0, 0.1) is 0 Å². The molecule has 0 amide bonds. The first-order valence-electron chi connectivity index (χ1n) is 10.7. The summed E-state index contributed by atoms with van der Waals surface area (Å²) in [6.45, 7) is 6.32. The van der Waals surface area contributed by atoms with Gasteiger partial charge in [0.15, 0.2) is 6.10 Å². The van der Waals surface area contributed by atoms with E-state index < -0.39 is 14.4 Å². The highest BCUT2D eigenvalue weighted by Gasteiger charge is 2.43. The topological polar surface area (TPSA) is 35.5 Å². The van der Waals surface area contributed by atoms with Gasteiger partial charge >= 0.3 is 5.97 Å². The molecule has 0 heterocycles. The summed E-state index contributed by atoms with van der Waals surface area (Å²) in [6, 6.07) is 31.0. The Morgan fingerprint density at radius 3 is 1.77 bits per heavy atom. The van der Waals surface area contributed by atoms with E-state index in [0.29, 0.717) is 6.61 Å². The number of esters is 1. The van der Waals surface area contributed by atoms with E-state index in [1.807, 2.05) is 73.7 Å². The summed E-state index contributed by atoms with van der Waals surface area (Å²) in [6.07, 6.45) is 1.43. The van der Waals surface area contributed by atoms with Crippen molar-refractivity contribution in [2.24, 2.45) is 0 Å². The molecule has 4 heteroatoms. The maximum atomic E-state index is 13.1. The van der Waals surface area contributed by atoms with E-state index in [9.17, 15) is 4.79 Å². The van der Waals surface area contributed by atoms with Crippen molar-refractivity contribution >= 4 is 24.7 Å². The smallest absolute Gasteiger partial charge is 0.338 e. The molecule has 0 bridgehead atoms. The molecule has 31 heavy (non-hydrogen) atoms. The van der Waals surface area contributed by atoms with Crippen molar-refractivity contribution in [3.63, 3.8) is 0 Å². The molecule has 0 aliphatic carbocycles. The third-order valence-corrected chi connectivity index (χ3v) is 9.15. The number of ether oxygens (including phenoxy) is 1. The highest BCUT2D eigenvalue weighted by atomic mass is 28.4. The summed E-state index contributed by atoms with van der Waals surface area (Å²) in [5, 5.41) is 2.26. The number of hydrogen-bond donors (Lipinski definition) is 0. The Kier molecular flexibility index (Phi) is 7.98. The summed E-state index contributed by atoms with van der Waals surface area (Å²) in [7, 11) is -2.83. The van der Waals surface area contributed by atoms with E-state index in [4.69, 9.17) is 9.16 Å². The van der Waals surface area contributed by atoms with Crippen molar-refractivity contribution in [3.8, 4) is 0 Å². The largest absolute Gasteiger partial charge is 0.464 e. The average Bonchev–Trinajstić information content (AvgIpc) is 2.81. The molecule has 3 rings (SSSR count). The highest BCUT2D eigenvalue weighted by molar-refractivity contribution is 6.97. The van der Waals surface area contributed by atoms with Crippen molar-refractivity contribution in [1.29, 1.82) is 0 Å². The van der Waals surface area contributed by atoms with Crippen LogP contribution in [0.1, 0.15) is 32.4 Å². The first-order valence-corrected chi connectivity index (χ1v) is 12.8. The van der Waals surface area contributed by atoms with Crippen LogP contribution in [-0.2, 0) is 14.0 Å². The summed E-state index contributed by atoms with van der Waals surface area (Å²) >= 11 is 0. The van der Waals surface area contributed by atoms with Crippen LogP contribution in [0.25, 0.3) is 0 Å². The van der Waals surface area contributed by atoms with Crippen LogP contribution >= 0.6 is 0 Å². The van der Waals surface area contributed by atoms with E-state index in [1.165, 1.54) is 5.57 Å². The number of allylic oxidation sites excluding steroid dienone is 2. The molecule has 3 aromatic carbocycles. The Balaban J connectivity index is 2.20. The molecule has 0 spiro atoms. The van der Waals surface area contributed by atoms with Gasteiger partial charge in [0.2, 0.25) is 0 Å². The quantitative estimate of drug-likeness (QED) is 0.271. The fourth-order valence-corrected chi connectivity index (χ4v) is 7.61. The van der Waals surface area contributed by atoms with Crippen molar-refractivity contribution in [1.82, 2.24) is 0 Å². The van der Waals surface area contributed by atoms with Crippen molar-refractivity contribution in [2.75, 3.05) is 6.61 Å². The maximum absolute atomic E-state index is 13.1.